The Labute approximate surface area is 180 Å². The predicted octanol–water partition coefficient (Wildman–Crippen LogP) is -0.515. The quantitative estimate of drug-likeness (QED) is 0.397. The van der Waals surface area contributed by atoms with Gasteiger partial charge in [-0.3, -0.25) is 9.59 Å². The SMILES string of the molecule is CC(=O)OC1C(=O)OC2CC3C(C)=CC(=O)C(O)C3(C)C3C(O)C(O)C(C)C1(O)C23C. The first-order valence-corrected chi connectivity index (χ1v) is 10.6. The van der Waals surface area contributed by atoms with Gasteiger partial charge in [-0.05, 0) is 25.3 Å². The maximum atomic E-state index is 12.9. The van der Waals surface area contributed by atoms with Crippen molar-refractivity contribution in [3.63, 3.8) is 0 Å². The molecule has 3 fully saturated rings. The normalized spacial score (nSPS) is 53.6. The molecule has 0 amide bonds. The van der Waals surface area contributed by atoms with E-state index in [-0.39, 0.29) is 6.42 Å². The highest BCUT2D eigenvalue weighted by Gasteiger charge is 2.80. The van der Waals surface area contributed by atoms with E-state index in [0.717, 1.165) is 6.92 Å². The first-order valence-electron chi connectivity index (χ1n) is 10.6. The third-order valence-electron chi connectivity index (χ3n) is 8.88. The molecule has 3 aliphatic carbocycles. The van der Waals surface area contributed by atoms with Gasteiger partial charge in [-0.1, -0.05) is 26.3 Å². The zero-order chi connectivity index (χ0) is 23.3. The van der Waals surface area contributed by atoms with Gasteiger partial charge in [0.1, 0.15) is 17.8 Å². The standard InChI is InChI=1S/C22H30O9/c1-8-6-12(24)17(27)20(4)11(8)7-13-21(5)16(20)15(26)14(25)9(2)22(21,29)18(19(28)31-13)30-10(3)23/h6,9,11,13-18,25-27,29H,7H2,1-5H3. The number of allylic oxidation sites excluding steroid dienone is 1. The zero-order valence-corrected chi connectivity index (χ0v) is 18.2. The fraction of sp³-hybridized carbons (Fsp3) is 0.773. The highest BCUT2D eigenvalue weighted by Crippen LogP contribution is 2.69. The van der Waals surface area contributed by atoms with Crippen LogP contribution in [0.15, 0.2) is 11.6 Å². The number of carbonyl (C=O) groups is 3. The summed E-state index contributed by atoms with van der Waals surface area (Å²) in [5, 5.41) is 45.3. The van der Waals surface area contributed by atoms with Crippen LogP contribution in [0, 0.1) is 28.6 Å². The van der Waals surface area contributed by atoms with Gasteiger partial charge in [-0.2, -0.15) is 0 Å². The first-order chi connectivity index (χ1) is 14.2. The van der Waals surface area contributed by atoms with Crippen molar-refractivity contribution in [3.05, 3.63) is 11.6 Å². The van der Waals surface area contributed by atoms with Crippen LogP contribution >= 0.6 is 0 Å². The highest BCUT2D eigenvalue weighted by atomic mass is 16.6. The summed E-state index contributed by atoms with van der Waals surface area (Å²) in [5.41, 5.74) is -4.13. The lowest BCUT2D eigenvalue weighted by Gasteiger charge is -2.71. The fourth-order valence-electron chi connectivity index (χ4n) is 7.37. The Morgan fingerprint density at radius 3 is 2.39 bits per heavy atom. The lowest BCUT2D eigenvalue weighted by Crippen LogP contribution is -2.83. The number of carbonyl (C=O) groups excluding carboxylic acids is 3. The van der Waals surface area contributed by atoms with Gasteiger partial charge in [0.15, 0.2) is 5.78 Å². The van der Waals surface area contributed by atoms with Crippen molar-refractivity contribution >= 4 is 17.7 Å². The summed E-state index contributed by atoms with van der Waals surface area (Å²) in [6.45, 7) is 7.58. The van der Waals surface area contributed by atoms with Gasteiger partial charge in [0, 0.05) is 29.6 Å². The van der Waals surface area contributed by atoms with Crippen molar-refractivity contribution in [1.29, 1.82) is 0 Å². The molecule has 0 spiro atoms. The Morgan fingerprint density at radius 2 is 1.81 bits per heavy atom. The van der Waals surface area contributed by atoms with E-state index < -0.39 is 82.4 Å². The molecule has 1 heterocycles. The number of aliphatic hydroxyl groups is 4. The Kier molecular flexibility index (Phi) is 4.77. The number of ketones is 1. The molecule has 9 nitrogen and oxygen atoms in total. The highest BCUT2D eigenvalue weighted by molar-refractivity contribution is 5.96. The van der Waals surface area contributed by atoms with Crippen LogP contribution < -0.4 is 0 Å². The molecule has 0 aromatic carbocycles. The van der Waals surface area contributed by atoms with Crippen molar-refractivity contribution in [2.75, 3.05) is 0 Å². The molecular formula is C22H30O9. The molecule has 0 aromatic heterocycles. The predicted molar refractivity (Wildman–Crippen MR) is 104 cm³/mol. The van der Waals surface area contributed by atoms with Crippen LogP contribution in [0.25, 0.3) is 0 Å². The Bertz CT molecular complexity index is 882. The van der Waals surface area contributed by atoms with E-state index in [1.165, 1.54) is 13.0 Å². The first kappa shape index (κ1) is 22.4. The molecule has 11 atom stereocenters. The van der Waals surface area contributed by atoms with Gasteiger partial charge in [-0.25, -0.2) is 4.79 Å². The van der Waals surface area contributed by atoms with Crippen LogP contribution in [-0.2, 0) is 23.9 Å². The summed E-state index contributed by atoms with van der Waals surface area (Å²) in [4.78, 5) is 37.2. The summed E-state index contributed by atoms with van der Waals surface area (Å²) in [5.74, 6) is -4.82. The molecule has 2 saturated carbocycles. The average molecular weight is 438 g/mol. The van der Waals surface area contributed by atoms with Gasteiger partial charge < -0.3 is 29.9 Å². The lowest BCUT2D eigenvalue weighted by atomic mass is 9.36. The van der Waals surface area contributed by atoms with Crippen molar-refractivity contribution in [2.24, 2.45) is 28.6 Å². The van der Waals surface area contributed by atoms with Gasteiger partial charge in [0.2, 0.25) is 6.10 Å². The molecule has 4 rings (SSSR count). The zero-order valence-electron chi connectivity index (χ0n) is 18.2. The number of rotatable bonds is 1. The molecule has 4 N–H and O–H groups in total. The number of hydrogen-bond donors (Lipinski definition) is 4. The fourth-order valence-corrected chi connectivity index (χ4v) is 7.37. The van der Waals surface area contributed by atoms with Crippen LogP contribution in [0.3, 0.4) is 0 Å². The second-order valence-corrected chi connectivity index (χ2v) is 10.1. The molecule has 0 bridgehead atoms. The molecule has 172 valence electrons. The molecule has 1 aliphatic heterocycles. The number of esters is 2. The van der Waals surface area contributed by atoms with Gasteiger partial charge in [0.05, 0.1) is 12.2 Å². The molecule has 4 aliphatic rings. The topological polar surface area (TPSA) is 151 Å². The molecule has 1 saturated heterocycles. The Morgan fingerprint density at radius 1 is 1.19 bits per heavy atom. The number of aliphatic hydroxyl groups excluding tert-OH is 3. The summed E-state index contributed by atoms with van der Waals surface area (Å²) < 4.78 is 10.9. The molecule has 0 radical (unpaired) electrons. The monoisotopic (exact) mass is 438 g/mol. The molecule has 31 heavy (non-hydrogen) atoms. The minimum Gasteiger partial charge on any atom is -0.459 e. The van der Waals surface area contributed by atoms with E-state index in [2.05, 4.69) is 0 Å². The number of hydrogen-bond acceptors (Lipinski definition) is 9. The van der Waals surface area contributed by atoms with Crippen molar-refractivity contribution in [3.8, 4) is 0 Å². The van der Waals surface area contributed by atoms with E-state index >= 15 is 0 Å². The minimum atomic E-state index is -2.10. The third kappa shape index (κ3) is 2.43. The second-order valence-electron chi connectivity index (χ2n) is 10.1. The Hall–Kier alpha value is -1.81. The van der Waals surface area contributed by atoms with Gasteiger partial charge >= 0.3 is 11.9 Å². The van der Waals surface area contributed by atoms with Crippen LogP contribution in [0.1, 0.15) is 41.0 Å². The van der Waals surface area contributed by atoms with E-state index in [9.17, 15) is 34.8 Å². The summed E-state index contributed by atoms with van der Waals surface area (Å²) in [6, 6.07) is 0. The van der Waals surface area contributed by atoms with Gasteiger partial charge in [-0.15, -0.1) is 0 Å². The summed E-state index contributed by atoms with van der Waals surface area (Å²) in [7, 11) is 0. The Balaban J connectivity index is 1.99. The van der Waals surface area contributed by atoms with Crippen molar-refractivity contribution in [2.45, 2.75) is 77.2 Å². The van der Waals surface area contributed by atoms with Crippen LogP contribution in [0.5, 0.6) is 0 Å². The third-order valence-corrected chi connectivity index (χ3v) is 8.88. The molecular weight excluding hydrogens is 408 g/mol. The second kappa shape index (κ2) is 6.60. The van der Waals surface area contributed by atoms with E-state index in [4.69, 9.17) is 9.47 Å². The molecule has 11 unspecified atom stereocenters. The maximum absolute atomic E-state index is 12.9. The van der Waals surface area contributed by atoms with Gasteiger partial charge in [0.25, 0.3) is 0 Å². The van der Waals surface area contributed by atoms with E-state index in [0.29, 0.717) is 5.57 Å². The maximum Gasteiger partial charge on any atom is 0.350 e. The van der Waals surface area contributed by atoms with Crippen LogP contribution in [-0.4, -0.2) is 74.3 Å². The summed E-state index contributed by atoms with van der Waals surface area (Å²) >= 11 is 0. The largest absolute Gasteiger partial charge is 0.459 e. The summed E-state index contributed by atoms with van der Waals surface area (Å²) in [6.07, 6.45) is -5.49. The van der Waals surface area contributed by atoms with E-state index in [1.807, 2.05) is 0 Å². The molecule has 0 aromatic rings. The number of fused-ring (bicyclic) bond motifs is 2. The lowest BCUT2D eigenvalue weighted by molar-refractivity contribution is -0.357. The van der Waals surface area contributed by atoms with Crippen molar-refractivity contribution in [1.82, 2.24) is 0 Å². The van der Waals surface area contributed by atoms with Crippen LogP contribution in [0.4, 0.5) is 0 Å². The average Bonchev–Trinajstić information content (AvgIpc) is 2.68. The van der Waals surface area contributed by atoms with Crippen LogP contribution in [0.2, 0.25) is 0 Å². The molecule has 9 heteroatoms. The van der Waals surface area contributed by atoms with Crippen molar-refractivity contribution < 1.29 is 44.3 Å². The van der Waals surface area contributed by atoms with E-state index in [1.54, 1.807) is 20.8 Å². The smallest absolute Gasteiger partial charge is 0.350 e. The minimum absolute atomic E-state index is 0.201. The number of ether oxygens (including phenoxy) is 2.